The summed E-state index contributed by atoms with van der Waals surface area (Å²) in [5.74, 6) is -1.66. The van der Waals surface area contributed by atoms with Crippen molar-refractivity contribution in [2.45, 2.75) is 38.5 Å². The molecular weight excluding hydrogens is 468 g/mol. The fourth-order valence-corrected chi connectivity index (χ4v) is 4.87. The van der Waals surface area contributed by atoms with E-state index in [1.165, 1.54) is 4.68 Å². The van der Waals surface area contributed by atoms with E-state index in [0.717, 1.165) is 36.1 Å². The summed E-state index contributed by atoms with van der Waals surface area (Å²) in [6.07, 6.45) is 3.02. The molecule has 1 atom stereocenters. The van der Waals surface area contributed by atoms with Crippen molar-refractivity contribution in [2.24, 2.45) is 15.9 Å². The van der Waals surface area contributed by atoms with Crippen molar-refractivity contribution in [3.8, 4) is 0 Å². The lowest BCUT2D eigenvalue weighted by Gasteiger charge is -2.18. The van der Waals surface area contributed by atoms with Gasteiger partial charge in [-0.1, -0.05) is 60.7 Å². The van der Waals surface area contributed by atoms with Crippen molar-refractivity contribution >= 4 is 35.2 Å². The van der Waals surface area contributed by atoms with E-state index in [9.17, 15) is 14.4 Å². The van der Waals surface area contributed by atoms with Crippen molar-refractivity contribution in [3.05, 3.63) is 83.6 Å². The summed E-state index contributed by atoms with van der Waals surface area (Å²) in [5.41, 5.74) is 3.67. The van der Waals surface area contributed by atoms with Gasteiger partial charge in [-0.25, -0.2) is 4.99 Å². The molecule has 0 saturated heterocycles. The molecule has 9 nitrogen and oxygen atoms in total. The summed E-state index contributed by atoms with van der Waals surface area (Å²) in [7, 11) is 0. The highest BCUT2D eigenvalue weighted by molar-refractivity contribution is 6.39. The van der Waals surface area contributed by atoms with Crippen molar-refractivity contribution in [3.63, 3.8) is 0 Å². The number of anilines is 1. The van der Waals surface area contributed by atoms with Crippen molar-refractivity contribution < 1.29 is 14.4 Å². The minimum atomic E-state index is -0.828. The van der Waals surface area contributed by atoms with Crippen LogP contribution in [-0.2, 0) is 14.4 Å². The number of amides is 3. The van der Waals surface area contributed by atoms with Gasteiger partial charge in [0.2, 0.25) is 0 Å². The Morgan fingerprint density at radius 1 is 1.00 bits per heavy atom. The highest BCUT2D eigenvalue weighted by Crippen LogP contribution is 2.28. The van der Waals surface area contributed by atoms with Crippen molar-refractivity contribution in [1.29, 1.82) is 0 Å². The van der Waals surface area contributed by atoms with Crippen LogP contribution in [0.1, 0.15) is 48.4 Å². The maximum absolute atomic E-state index is 12.7. The third kappa shape index (κ3) is 5.40. The molecule has 0 spiro atoms. The van der Waals surface area contributed by atoms with Gasteiger partial charge in [0.1, 0.15) is 5.82 Å². The van der Waals surface area contributed by atoms with Crippen LogP contribution in [0.15, 0.2) is 76.7 Å². The number of rotatable bonds is 6. The zero-order chi connectivity index (χ0) is 25.8. The van der Waals surface area contributed by atoms with Gasteiger partial charge in [0.25, 0.3) is 11.9 Å². The van der Waals surface area contributed by atoms with Gasteiger partial charge in [-0.3, -0.25) is 14.4 Å². The molecule has 1 aromatic heterocycles. The lowest BCUT2D eigenvalue weighted by molar-refractivity contribution is -0.136. The zero-order valence-electron chi connectivity index (χ0n) is 20.6. The van der Waals surface area contributed by atoms with Crippen molar-refractivity contribution in [1.82, 2.24) is 15.1 Å². The van der Waals surface area contributed by atoms with E-state index < -0.39 is 11.8 Å². The second kappa shape index (κ2) is 10.7. The Balaban J connectivity index is 1.24. The molecule has 5 rings (SSSR count). The van der Waals surface area contributed by atoms with E-state index in [4.69, 9.17) is 0 Å². The lowest BCUT2D eigenvalue weighted by Crippen LogP contribution is -2.37. The molecular formula is C28H28N6O3. The number of benzene rings is 2. The third-order valence-electron chi connectivity index (χ3n) is 6.67. The monoisotopic (exact) mass is 496 g/mol. The van der Waals surface area contributed by atoms with Crippen molar-refractivity contribution in [2.75, 3.05) is 11.9 Å². The third-order valence-corrected chi connectivity index (χ3v) is 6.67. The van der Waals surface area contributed by atoms with Gasteiger partial charge in [-0.15, -0.1) is 0 Å². The number of aromatic nitrogens is 2. The van der Waals surface area contributed by atoms with Crippen LogP contribution in [0.4, 0.5) is 5.82 Å². The van der Waals surface area contributed by atoms with Crippen LogP contribution in [0.5, 0.6) is 0 Å². The predicted molar refractivity (Wildman–Crippen MR) is 141 cm³/mol. The molecule has 2 aliphatic rings. The number of carbonyl (C=O) groups is 3. The highest BCUT2D eigenvalue weighted by Gasteiger charge is 2.34. The van der Waals surface area contributed by atoms with E-state index in [2.05, 4.69) is 50.0 Å². The normalized spacial score (nSPS) is 16.7. The van der Waals surface area contributed by atoms with E-state index in [-0.39, 0.29) is 29.5 Å². The largest absolute Gasteiger partial charge is 0.348 e. The molecule has 1 aliphatic carbocycles. The molecule has 3 aromatic rings. The van der Waals surface area contributed by atoms with Crippen LogP contribution in [0, 0.1) is 12.8 Å². The highest BCUT2D eigenvalue weighted by atomic mass is 16.2. The molecule has 0 bridgehead atoms. The lowest BCUT2D eigenvalue weighted by atomic mass is 9.88. The first-order valence-corrected chi connectivity index (χ1v) is 12.5. The number of hydrogen-bond donors (Lipinski definition) is 2. The molecule has 1 fully saturated rings. The SMILES string of the molecule is Cc1cc(NC(=O)C(=O)NCCC(c2ccccc2)c2ccccc2)n(C2=NC(=O)C3CCCC3=N2)n1. The van der Waals surface area contributed by atoms with E-state index in [0.29, 0.717) is 18.7 Å². The fourth-order valence-electron chi connectivity index (χ4n) is 4.87. The van der Waals surface area contributed by atoms with Crippen LogP contribution in [0.2, 0.25) is 0 Å². The molecule has 37 heavy (non-hydrogen) atoms. The number of aliphatic imine (C=N–C) groups is 2. The molecule has 2 aromatic carbocycles. The van der Waals surface area contributed by atoms with Gasteiger partial charge in [-0.2, -0.15) is 14.8 Å². The van der Waals surface area contributed by atoms with Gasteiger partial charge in [0, 0.05) is 24.2 Å². The number of aryl methyl sites for hydroxylation is 1. The Labute approximate surface area is 214 Å². The quantitative estimate of drug-likeness (QED) is 0.508. The maximum atomic E-state index is 12.7. The Kier molecular flexibility index (Phi) is 7.02. The molecule has 0 radical (unpaired) electrons. The summed E-state index contributed by atoms with van der Waals surface area (Å²) >= 11 is 0. The molecule has 2 heterocycles. The molecule has 1 saturated carbocycles. The summed E-state index contributed by atoms with van der Waals surface area (Å²) in [4.78, 5) is 46.4. The Morgan fingerprint density at radius 3 is 2.35 bits per heavy atom. The molecule has 2 N–H and O–H groups in total. The van der Waals surface area contributed by atoms with Crippen LogP contribution in [-0.4, -0.2) is 45.7 Å². The van der Waals surface area contributed by atoms with Gasteiger partial charge < -0.3 is 10.6 Å². The van der Waals surface area contributed by atoms with Gasteiger partial charge in [-0.05, 0) is 43.7 Å². The number of nitrogens with one attached hydrogen (secondary N) is 2. The van der Waals surface area contributed by atoms with E-state index >= 15 is 0 Å². The average molecular weight is 497 g/mol. The standard InChI is InChI=1S/C28H28N6O3/c1-18-17-24(34(33-18)28-30-23-14-8-13-22(23)25(35)32-28)31-27(37)26(36)29-16-15-21(19-9-4-2-5-10-19)20-11-6-3-7-12-20/h2-7,9-12,17,21-22H,8,13-16H2,1H3,(H,29,36)(H,31,37). The summed E-state index contributed by atoms with van der Waals surface area (Å²) in [5, 5.41) is 9.64. The first-order valence-electron chi connectivity index (χ1n) is 12.5. The first kappa shape index (κ1) is 24.3. The number of carbonyl (C=O) groups excluding carboxylic acids is 3. The van der Waals surface area contributed by atoms with Crippen LogP contribution >= 0.6 is 0 Å². The average Bonchev–Trinajstić information content (AvgIpc) is 3.54. The topological polar surface area (TPSA) is 118 Å². The van der Waals surface area contributed by atoms with Crippen LogP contribution in [0.3, 0.4) is 0 Å². The smallest absolute Gasteiger partial charge is 0.314 e. The summed E-state index contributed by atoms with van der Waals surface area (Å²) in [6.45, 7) is 2.06. The molecule has 3 amide bonds. The summed E-state index contributed by atoms with van der Waals surface area (Å²) < 4.78 is 1.31. The number of fused-ring (bicyclic) bond motifs is 1. The molecule has 9 heteroatoms. The Bertz CT molecular complexity index is 1340. The summed E-state index contributed by atoms with van der Waals surface area (Å²) in [6, 6.07) is 21.8. The number of nitrogens with zero attached hydrogens (tertiary/aromatic N) is 4. The second-order valence-electron chi connectivity index (χ2n) is 9.25. The minimum absolute atomic E-state index is 0.0789. The second-order valence-corrected chi connectivity index (χ2v) is 9.25. The van der Waals surface area contributed by atoms with E-state index in [1.54, 1.807) is 13.0 Å². The predicted octanol–water partition coefficient (Wildman–Crippen LogP) is 3.45. The molecule has 1 aliphatic heterocycles. The molecule has 1 unspecified atom stereocenters. The van der Waals surface area contributed by atoms with Gasteiger partial charge in [0.15, 0.2) is 0 Å². The zero-order valence-corrected chi connectivity index (χ0v) is 20.6. The minimum Gasteiger partial charge on any atom is -0.348 e. The van der Waals surface area contributed by atoms with Gasteiger partial charge >= 0.3 is 11.8 Å². The first-order chi connectivity index (χ1) is 18.0. The van der Waals surface area contributed by atoms with Crippen LogP contribution < -0.4 is 10.6 Å². The maximum Gasteiger partial charge on any atom is 0.314 e. The Morgan fingerprint density at radius 2 is 1.68 bits per heavy atom. The molecule has 188 valence electrons. The Hall–Kier alpha value is -4.40. The fraction of sp³-hybridized carbons (Fsp3) is 0.286. The number of hydrogen-bond acceptors (Lipinski definition) is 5. The van der Waals surface area contributed by atoms with Crippen LogP contribution in [0.25, 0.3) is 0 Å². The van der Waals surface area contributed by atoms with Gasteiger partial charge in [0.05, 0.1) is 11.6 Å². The van der Waals surface area contributed by atoms with E-state index in [1.807, 2.05) is 36.4 Å².